The van der Waals surface area contributed by atoms with Gasteiger partial charge in [0.1, 0.15) is 11.4 Å². The van der Waals surface area contributed by atoms with Crippen molar-refractivity contribution < 1.29 is 18.8 Å². The molecule has 7 nitrogen and oxygen atoms in total. The first kappa shape index (κ1) is 24.3. The number of carbonyl (C=O) groups excluding carboxylic acids is 3. The fourth-order valence-electron chi connectivity index (χ4n) is 4.72. The minimum atomic E-state index is -1.11. The molecule has 0 unspecified atom stereocenters. The smallest absolute Gasteiger partial charge is 0.261 e. The number of imide groups is 1. The molecule has 0 N–H and O–H groups in total. The molecule has 0 aliphatic carbocycles. The Balaban J connectivity index is 1.44. The van der Waals surface area contributed by atoms with Gasteiger partial charge in [-0.25, -0.2) is 9.24 Å². The quantitative estimate of drug-likeness (QED) is 0.266. The Hall–Kier alpha value is -4.42. The van der Waals surface area contributed by atoms with E-state index in [-0.39, 0.29) is 23.1 Å². The Labute approximate surface area is 218 Å². The number of hydrogen-bond acceptors (Lipinski definition) is 4. The van der Waals surface area contributed by atoms with Crippen LogP contribution in [0.2, 0.25) is 0 Å². The second-order valence-electron chi connectivity index (χ2n) is 9.42. The van der Waals surface area contributed by atoms with Crippen molar-refractivity contribution in [3.63, 3.8) is 0 Å². The van der Waals surface area contributed by atoms with Gasteiger partial charge in [-0.2, -0.15) is 0 Å². The van der Waals surface area contributed by atoms with Crippen LogP contribution < -0.4 is 9.80 Å². The number of benzene rings is 3. The highest BCUT2D eigenvalue weighted by atomic mass is 32.1. The van der Waals surface area contributed by atoms with E-state index in [1.165, 1.54) is 17.0 Å². The fourth-order valence-corrected chi connectivity index (χ4v) is 5.24. The van der Waals surface area contributed by atoms with Crippen molar-refractivity contribution in [1.29, 1.82) is 0 Å². The Kier molecular flexibility index (Phi) is 5.65. The summed E-state index contributed by atoms with van der Waals surface area (Å²) in [7, 11) is 0. The zero-order valence-electron chi connectivity index (χ0n) is 20.3. The molecule has 2 heterocycles. The van der Waals surface area contributed by atoms with Gasteiger partial charge in [0.15, 0.2) is 10.8 Å². The van der Waals surface area contributed by atoms with Gasteiger partial charge in [-0.05, 0) is 75.0 Å². The molecular weight excluding hydrogens is 491 g/mol. The first-order chi connectivity index (χ1) is 17.6. The average molecular weight is 513 g/mol. The number of rotatable bonds is 4. The first-order valence-corrected chi connectivity index (χ1v) is 11.9. The van der Waals surface area contributed by atoms with Crippen LogP contribution in [0.15, 0.2) is 60.7 Å². The predicted molar refractivity (Wildman–Crippen MR) is 141 cm³/mol. The van der Waals surface area contributed by atoms with E-state index in [2.05, 4.69) is 4.85 Å². The van der Waals surface area contributed by atoms with E-state index in [0.29, 0.717) is 33.8 Å². The van der Waals surface area contributed by atoms with E-state index in [0.717, 1.165) is 4.90 Å². The van der Waals surface area contributed by atoms with Gasteiger partial charge in [0.25, 0.3) is 17.7 Å². The third-order valence-electron chi connectivity index (χ3n) is 6.73. The van der Waals surface area contributed by atoms with E-state index < -0.39 is 23.2 Å². The van der Waals surface area contributed by atoms with Crippen LogP contribution in [0.3, 0.4) is 0 Å². The zero-order chi connectivity index (χ0) is 26.6. The second-order valence-corrected chi connectivity index (χ2v) is 9.78. The molecular formula is C28H21FN4O3S. The lowest BCUT2D eigenvalue weighted by atomic mass is 10.0. The van der Waals surface area contributed by atoms with E-state index in [1.807, 2.05) is 0 Å². The van der Waals surface area contributed by atoms with E-state index in [9.17, 15) is 14.4 Å². The van der Waals surface area contributed by atoms with Gasteiger partial charge >= 0.3 is 0 Å². The maximum atomic E-state index is 15.3. The van der Waals surface area contributed by atoms with E-state index in [4.69, 9.17) is 18.8 Å². The minimum absolute atomic E-state index is 0.162. The van der Waals surface area contributed by atoms with Crippen molar-refractivity contribution in [1.82, 2.24) is 4.90 Å². The topological polar surface area (TPSA) is 65.3 Å². The number of amides is 3. The number of nitrogens with zero attached hydrogens (tertiary/aromatic N) is 4. The molecule has 3 amide bonds. The summed E-state index contributed by atoms with van der Waals surface area (Å²) >= 11 is 5.67. The molecule has 2 aliphatic heterocycles. The number of carbonyl (C=O) groups is 3. The second kappa shape index (κ2) is 8.61. The highest BCUT2D eigenvalue weighted by Gasteiger charge is 2.50. The van der Waals surface area contributed by atoms with Gasteiger partial charge in [-0.1, -0.05) is 24.3 Å². The van der Waals surface area contributed by atoms with Crippen molar-refractivity contribution in [3.8, 4) is 0 Å². The molecule has 1 saturated heterocycles. The molecule has 3 aromatic carbocycles. The summed E-state index contributed by atoms with van der Waals surface area (Å²) in [5.74, 6) is -1.85. The molecule has 0 aromatic heterocycles. The van der Waals surface area contributed by atoms with Gasteiger partial charge in [0, 0.05) is 16.9 Å². The third kappa shape index (κ3) is 3.69. The Morgan fingerprint density at radius 2 is 1.57 bits per heavy atom. The lowest BCUT2D eigenvalue weighted by Gasteiger charge is -2.29. The van der Waals surface area contributed by atoms with Crippen LogP contribution in [-0.4, -0.2) is 33.3 Å². The molecule has 9 heteroatoms. The van der Waals surface area contributed by atoms with Crippen LogP contribution in [0, 0.1) is 19.3 Å². The van der Waals surface area contributed by atoms with Crippen LogP contribution in [0.25, 0.3) is 4.85 Å². The summed E-state index contributed by atoms with van der Waals surface area (Å²) in [6.07, 6.45) is 0. The first-order valence-electron chi connectivity index (χ1n) is 11.5. The fraction of sp³-hybridized carbons (Fsp3) is 0.179. The molecule has 5 rings (SSSR count). The molecule has 0 spiro atoms. The number of halogens is 1. The molecule has 3 aromatic rings. The SMILES string of the molecule is [C-]#[N+]c1ccc(N2C(=O)C(C)(C)N(c3ccc(CN4C(=O)c5ccccc5C4=O)c(F)c3)C2=S)cc1C. The largest absolute Gasteiger partial charge is 0.303 e. The van der Waals surface area contributed by atoms with Crippen molar-refractivity contribution in [3.05, 3.63) is 100 Å². The molecule has 1 fully saturated rings. The Morgan fingerprint density at radius 1 is 0.946 bits per heavy atom. The van der Waals surface area contributed by atoms with Crippen LogP contribution in [0.5, 0.6) is 0 Å². The normalized spacial score (nSPS) is 16.5. The maximum Gasteiger partial charge on any atom is 0.261 e. The van der Waals surface area contributed by atoms with E-state index >= 15 is 4.39 Å². The Bertz CT molecular complexity index is 1540. The number of hydrogen-bond donors (Lipinski definition) is 0. The van der Waals surface area contributed by atoms with Gasteiger partial charge in [-0.3, -0.25) is 24.2 Å². The summed E-state index contributed by atoms with van der Waals surface area (Å²) in [5, 5.41) is 0.178. The average Bonchev–Trinajstić information content (AvgIpc) is 3.21. The minimum Gasteiger partial charge on any atom is -0.303 e. The summed E-state index contributed by atoms with van der Waals surface area (Å²) in [6.45, 7) is 12.2. The molecule has 0 bridgehead atoms. The highest BCUT2D eigenvalue weighted by molar-refractivity contribution is 7.81. The monoisotopic (exact) mass is 512 g/mol. The van der Waals surface area contributed by atoms with Crippen LogP contribution in [0.1, 0.15) is 45.7 Å². The van der Waals surface area contributed by atoms with Gasteiger partial charge < -0.3 is 4.90 Å². The Morgan fingerprint density at radius 3 is 2.14 bits per heavy atom. The van der Waals surface area contributed by atoms with Crippen LogP contribution in [-0.2, 0) is 11.3 Å². The summed E-state index contributed by atoms with van der Waals surface area (Å²) in [6, 6.07) is 15.9. The summed E-state index contributed by atoms with van der Waals surface area (Å²) in [4.78, 5) is 46.3. The lowest BCUT2D eigenvalue weighted by molar-refractivity contribution is -0.120. The molecule has 37 heavy (non-hydrogen) atoms. The molecule has 184 valence electrons. The van der Waals surface area contributed by atoms with Gasteiger partial charge in [0.2, 0.25) is 0 Å². The van der Waals surface area contributed by atoms with Gasteiger partial charge in [-0.15, -0.1) is 0 Å². The standard InChI is InChI=1S/C28H21FN4O3S/c1-16-13-18(11-12-23(16)30-4)32-26(36)28(2,3)33(27(32)37)19-10-9-17(22(29)14-19)15-31-24(34)20-7-5-6-8-21(20)25(31)35/h5-14H,15H2,1-3H3. The number of thiocarbonyl (C=S) groups is 1. The molecule has 0 atom stereocenters. The van der Waals surface area contributed by atoms with Crippen molar-refractivity contribution >= 4 is 52.1 Å². The van der Waals surface area contributed by atoms with Crippen molar-refractivity contribution in [2.45, 2.75) is 32.9 Å². The highest BCUT2D eigenvalue weighted by Crippen LogP contribution is 2.38. The predicted octanol–water partition coefficient (Wildman–Crippen LogP) is 5.40. The van der Waals surface area contributed by atoms with Crippen molar-refractivity contribution in [2.75, 3.05) is 9.80 Å². The number of fused-ring (bicyclic) bond motifs is 1. The van der Waals surface area contributed by atoms with Crippen LogP contribution in [0.4, 0.5) is 21.5 Å². The number of aryl methyl sites for hydroxylation is 1. The third-order valence-corrected chi connectivity index (χ3v) is 7.09. The molecule has 0 saturated carbocycles. The summed E-state index contributed by atoms with van der Waals surface area (Å²) < 4.78 is 15.3. The molecule has 2 aliphatic rings. The van der Waals surface area contributed by atoms with Gasteiger partial charge in [0.05, 0.1) is 24.2 Å². The number of anilines is 2. The zero-order valence-corrected chi connectivity index (χ0v) is 21.1. The summed E-state index contributed by atoms with van der Waals surface area (Å²) in [5.41, 5.74) is 1.73. The van der Waals surface area contributed by atoms with E-state index in [1.54, 1.807) is 74.2 Å². The maximum absolute atomic E-state index is 15.3. The van der Waals surface area contributed by atoms with Crippen molar-refractivity contribution in [2.24, 2.45) is 0 Å². The molecule has 0 radical (unpaired) electrons. The lowest BCUT2D eigenvalue weighted by Crippen LogP contribution is -2.44. The van der Waals surface area contributed by atoms with Crippen LogP contribution >= 0.6 is 12.2 Å².